The SMILES string of the molecule is CN(C)CCCC(=O)Nc1ccc2ncnc(Nc3ccc(NC(=O)Nc4cc(C(C)(C)C)nn4-c4cccc(N)c4)cc3)c2c1.O=C(O)C(F)(F)F. The number of hydrogen-bond acceptors (Lipinski definition) is 9. The molecule has 53 heavy (non-hydrogen) atoms. The molecule has 0 spiro atoms. The van der Waals surface area contributed by atoms with Gasteiger partial charge in [0.2, 0.25) is 5.91 Å². The van der Waals surface area contributed by atoms with Gasteiger partial charge in [-0.1, -0.05) is 26.8 Å². The van der Waals surface area contributed by atoms with Crippen molar-refractivity contribution in [3.8, 4) is 5.69 Å². The summed E-state index contributed by atoms with van der Waals surface area (Å²) in [4.78, 5) is 45.2. The Kier molecular flexibility index (Phi) is 12.6. The fourth-order valence-electron chi connectivity index (χ4n) is 4.76. The number of aliphatic carboxylic acids is 1. The molecule has 2 aromatic heterocycles. The van der Waals surface area contributed by atoms with Gasteiger partial charge in [-0.05, 0) is 87.7 Å². The largest absolute Gasteiger partial charge is 0.490 e. The molecule has 0 saturated carbocycles. The van der Waals surface area contributed by atoms with E-state index in [1.807, 2.05) is 62.6 Å². The van der Waals surface area contributed by atoms with Gasteiger partial charge in [-0.25, -0.2) is 24.2 Å². The Morgan fingerprint density at radius 1 is 0.868 bits per heavy atom. The van der Waals surface area contributed by atoms with Crippen LogP contribution in [0.15, 0.2) is 79.1 Å². The van der Waals surface area contributed by atoms with E-state index in [0.717, 1.165) is 40.9 Å². The molecule has 14 nitrogen and oxygen atoms in total. The van der Waals surface area contributed by atoms with E-state index in [-0.39, 0.29) is 11.3 Å². The number of alkyl halides is 3. The summed E-state index contributed by atoms with van der Waals surface area (Å²) < 4.78 is 33.4. The summed E-state index contributed by atoms with van der Waals surface area (Å²) in [5, 5.41) is 24.7. The number of nitrogen functional groups attached to an aromatic ring is 1. The van der Waals surface area contributed by atoms with Crippen LogP contribution in [0.1, 0.15) is 39.3 Å². The van der Waals surface area contributed by atoms with Gasteiger partial charge in [0.05, 0.1) is 16.9 Å². The second kappa shape index (κ2) is 16.9. The number of carbonyl (C=O) groups excluding carboxylic acids is 2. The van der Waals surface area contributed by atoms with Gasteiger partial charge in [-0.2, -0.15) is 18.3 Å². The smallest absolute Gasteiger partial charge is 0.475 e. The first kappa shape index (κ1) is 39.6. The Hall–Kier alpha value is -6.23. The van der Waals surface area contributed by atoms with Gasteiger partial charge in [0, 0.05) is 46.0 Å². The van der Waals surface area contributed by atoms with Crippen LogP contribution in [0.3, 0.4) is 0 Å². The number of carbonyl (C=O) groups is 3. The maximum absolute atomic E-state index is 13.1. The molecular formula is C36H41F3N10O4. The Bertz CT molecular complexity index is 2060. The number of carboxylic acid groups (broad SMARTS) is 1. The first-order valence-corrected chi connectivity index (χ1v) is 16.3. The van der Waals surface area contributed by atoms with Crippen molar-refractivity contribution in [2.24, 2.45) is 0 Å². The minimum absolute atomic E-state index is 0.0384. The van der Waals surface area contributed by atoms with Crippen LogP contribution < -0.4 is 27.0 Å². The summed E-state index contributed by atoms with van der Waals surface area (Å²) >= 11 is 0. The highest BCUT2D eigenvalue weighted by Gasteiger charge is 2.38. The van der Waals surface area contributed by atoms with E-state index in [9.17, 15) is 22.8 Å². The normalized spacial score (nSPS) is 11.4. The summed E-state index contributed by atoms with van der Waals surface area (Å²) in [7, 11) is 3.97. The van der Waals surface area contributed by atoms with Crippen molar-refractivity contribution >= 4 is 63.2 Å². The van der Waals surface area contributed by atoms with Crippen molar-refractivity contribution in [3.63, 3.8) is 0 Å². The van der Waals surface area contributed by atoms with Crippen molar-refractivity contribution in [2.75, 3.05) is 47.6 Å². The number of amides is 3. The molecule has 0 radical (unpaired) electrons. The van der Waals surface area contributed by atoms with Gasteiger partial charge in [-0.3, -0.25) is 10.1 Å². The number of fused-ring (bicyclic) bond motifs is 1. The maximum Gasteiger partial charge on any atom is 0.490 e. The van der Waals surface area contributed by atoms with E-state index in [2.05, 4.69) is 56.9 Å². The lowest BCUT2D eigenvalue weighted by Crippen LogP contribution is -2.21. The molecule has 0 aliphatic rings. The molecule has 0 fully saturated rings. The van der Waals surface area contributed by atoms with E-state index >= 15 is 0 Å². The monoisotopic (exact) mass is 734 g/mol. The zero-order valence-electron chi connectivity index (χ0n) is 29.7. The topological polar surface area (TPSA) is 192 Å². The second-order valence-electron chi connectivity index (χ2n) is 13.2. The van der Waals surface area contributed by atoms with Gasteiger partial charge >= 0.3 is 18.2 Å². The molecule has 0 atom stereocenters. The number of benzene rings is 3. The number of carboxylic acids is 1. The molecular weight excluding hydrogens is 693 g/mol. The fraction of sp³-hybridized carbons (Fsp3) is 0.278. The number of urea groups is 1. The third kappa shape index (κ3) is 11.6. The Morgan fingerprint density at radius 3 is 2.15 bits per heavy atom. The van der Waals surface area contributed by atoms with E-state index in [1.165, 1.54) is 6.33 Å². The summed E-state index contributed by atoms with van der Waals surface area (Å²) in [6.45, 7) is 7.04. The van der Waals surface area contributed by atoms with Crippen molar-refractivity contribution in [3.05, 3.63) is 84.8 Å². The summed E-state index contributed by atoms with van der Waals surface area (Å²) in [6.07, 6.45) is -2.38. The van der Waals surface area contributed by atoms with Crippen LogP contribution in [0.25, 0.3) is 16.6 Å². The minimum Gasteiger partial charge on any atom is -0.475 e. The number of nitrogens with two attached hydrogens (primary N) is 1. The van der Waals surface area contributed by atoms with Crippen LogP contribution in [-0.4, -0.2) is 74.5 Å². The molecule has 0 bridgehead atoms. The molecule has 17 heteroatoms. The average Bonchev–Trinajstić information content (AvgIpc) is 3.50. The molecule has 0 aliphatic carbocycles. The van der Waals surface area contributed by atoms with Crippen LogP contribution in [0.2, 0.25) is 0 Å². The zero-order chi connectivity index (χ0) is 38.9. The average molecular weight is 735 g/mol. The van der Waals surface area contributed by atoms with E-state index in [1.54, 1.807) is 28.9 Å². The molecule has 5 aromatic rings. The standard InChI is InChI=1S/C34H40N10O2.C2HF3O2/c1-34(2,3)29-20-30(44(42-29)26-9-6-8-22(35)18-26)41-33(46)40-24-13-11-23(12-14-24)39-32-27-19-25(15-16-28(27)36-21-37-32)38-31(45)10-7-17-43(4)5;3-2(4,5)1(6)7/h6,8-9,11-16,18-21H,7,10,17,35H2,1-5H3,(H,38,45)(H,36,37,39)(H2,40,41,46);(H,6,7). The molecule has 0 unspecified atom stereocenters. The first-order chi connectivity index (χ1) is 24.9. The number of halogens is 3. The molecule has 0 saturated heterocycles. The number of rotatable bonds is 10. The lowest BCUT2D eigenvalue weighted by molar-refractivity contribution is -0.192. The zero-order valence-corrected chi connectivity index (χ0v) is 29.7. The molecule has 2 heterocycles. The summed E-state index contributed by atoms with van der Waals surface area (Å²) in [5.41, 5.74) is 10.7. The molecule has 280 valence electrons. The van der Waals surface area contributed by atoms with E-state index in [4.69, 9.17) is 20.7 Å². The predicted octanol–water partition coefficient (Wildman–Crippen LogP) is 7.00. The first-order valence-electron chi connectivity index (χ1n) is 16.3. The number of hydrogen-bond donors (Lipinski definition) is 6. The third-order valence-electron chi connectivity index (χ3n) is 7.41. The third-order valence-corrected chi connectivity index (χ3v) is 7.41. The second-order valence-corrected chi connectivity index (χ2v) is 13.2. The quantitative estimate of drug-likeness (QED) is 0.0815. The Labute approximate surface area is 303 Å². The molecule has 3 amide bonds. The lowest BCUT2D eigenvalue weighted by Gasteiger charge is -2.14. The molecule has 5 rings (SSSR count). The summed E-state index contributed by atoms with van der Waals surface area (Å²) in [5.74, 6) is -1.68. The summed E-state index contributed by atoms with van der Waals surface area (Å²) in [6, 6.07) is 21.6. The van der Waals surface area contributed by atoms with Crippen LogP contribution in [0, 0.1) is 0 Å². The van der Waals surface area contributed by atoms with Crippen LogP contribution in [0.5, 0.6) is 0 Å². The number of nitrogens with one attached hydrogen (secondary N) is 4. The van der Waals surface area contributed by atoms with Crippen molar-refractivity contribution in [2.45, 2.75) is 45.2 Å². The highest BCUT2D eigenvalue weighted by molar-refractivity contribution is 6.00. The van der Waals surface area contributed by atoms with Gasteiger partial charge in [0.25, 0.3) is 0 Å². The van der Waals surface area contributed by atoms with Crippen LogP contribution in [-0.2, 0) is 15.0 Å². The van der Waals surface area contributed by atoms with Gasteiger partial charge in [0.1, 0.15) is 18.0 Å². The van der Waals surface area contributed by atoms with Gasteiger partial charge in [0.15, 0.2) is 0 Å². The van der Waals surface area contributed by atoms with Crippen LogP contribution >= 0.6 is 0 Å². The van der Waals surface area contributed by atoms with Crippen molar-refractivity contribution in [1.29, 1.82) is 0 Å². The molecule has 7 N–H and O–H groups in total. The highest BCUT2D eigenvalue weighted by atomic mass is 19.4. The molecule has 3 aromatic carbocycles. The predicted molar refractivity (Wildman–Crippen MR) is 199 cm³/mol. The van der Waals surface area contributed by atoms with Crippen LogP contribution in [0.4, 0.5) is 52.4 Å². The minimum atomic E-state index is -5.08. The number of anilines is 6. The number of nitrogens with zero attached hydrogens (tertiary/aromatic N) is 5. The van der Waals surface area contributed by atoms with Gasteiger partial charge < -0.3 is 31.7 Å². The number of aromatic nitrogens is 4. The fourth-order valence-corrected chi connectivity index (χ4v) is 4.76. The van der Waals surface area contributed by atoms with Gasteiger partial charge in [-0.15, -0.1) is 0 Å². The highest BCUT2D eigenvalue weighted by Crippen LogP contribution is 2.29. The Balaban J connectivity index is 0.000000815. The Morgan fingerprint density at radius 2 is 1.53 bits per heavy atom. The van der Waals surface area contributed by atoms with E-state index < -0.39 is 18.2 Å². The maximum atomic E-state index is 13.1. The van der Waals surface area contributed by atoms with Crippen molar-refractivity contribution in [1.82, 2.24) is 24.6 Å². The lowest BCUT2D eigenvalue weighted by atomic mass is 9.92. The van der Waals surface area contributed by atoms with E-state index in [0.29, 0.717) is 35.1 Å². The van der Waals surface area contributed by atoms with Crippen molar-refractivity contribution < 1.29 is 32.7 Å². The molecule has 0 aliphatic heterocycles.